The second kappa shape index (κ2) is 57.9. The van der Waals surface area contributed by atoms with Crippen molar-refractivity contribution in [2.75, 3.05) is 47.5 Å². The number of hydrogen-bond acceptors (Lipinski definition) is 7. The Labute approximate surface area is 475 Å². The first kappa shape index (κ1) is 74.2. The lowest BCUT2D eigenvalue weighted by molar-refractivity contribution is -0.870. The van der Waals surface area contributed by atoms with Gasteiger partial charge in [-0.05, 0) is 70.6 Å². The van der Waals surface area contributed by atoms with Crippen LogP contribution in [0.15, 0.2) is 85.1 Å². The number of nitrogens with zero attached hydrogens (tertiary/aromatic N) is 1. The predicted molar refractivity (Wildman–Crippen MR) is 330 cm³/mol. The van der Waals surface area contributed by atoms with E-state index < -0.39 is 26.5 Å². The van der Waals surface area contributed by atoms with Crippen molar-refractivity contribution in [2.45, 2.75) is 283 Å². The van der Waals surface area contributed by atoms with E-state index in [1.165, 1.54) is 161 Å². The summed E-state index contributed by atoms with van der Waals surface area (Å²) >= 11 is 0. The summed E-state index contributed by atoms with van der Waals surface area (Å²) in [5, 5.41) is 0. The van der Waals surface area contributed by atoms with Crippen LogP contribution in [-0.4, -0.2) is 74.9 Å². The molecule has 9 nitrogen and oxygen atoms in total. The number of unbranched alkanes of at least 4 members (excludes halogenated alkanes) is 30. The van der Waals surface area contributed by atoms with E-state index in [1.54, 1.807) is 0 Å². The van der Waals surface area contributed by atoms with Gasteiger partial charge in [0.15, 0.2) is 6.10 Å². The number of quaternary nitrogens is 1. The summed E-state index contributed by atoms with van der Waals surface area (Å²) in [6.07, 6.45) is 78.2. The van der Waals surface area contributed by atoms with Crippen molar-refractivity contribution in [1.82, 2.24) is 0 Å². The van der Waals surface area contributed by atoms with Crippen LogP contribution in [0.4, 0.5) is 0 Å². The average molecular weight is 1100 g/mol. The van der Waals surface area contributed by atoms with Crippen LogP contribution in [-0.2, 0) is 32.7 Å². The molecule has 0 radical (unpaired) electrons. The fourth-order valence-electron chi connectivity index (χ4n) is 8.82. The third kappa shape index (κ3) is 62.3. The number of carbonyl (C=O) groups is 2. The Morgan fingerprint density at radius 3 is 1.10 bits per heavy atom. The summed E-state index contributed by atoms with van der Waals surface area (Å²) in [4.78, 5) is 35.8. The zero-order chi connectivity index (χ0) is 56.3. The summed E-state index contributed by atoms with van der Waals surface area (Å²) in [5.41, 5.74) is 0. The fourth-order valence-corrected chi connectivity index (χ4v) is 9.56. The Kier molecular flexibility index (Phi) is 55.8. The maximum atomic E-state index is 12.8. The Morgan fingerprint density at radius 2 is 0.740 bits per heavy atom. The summed E-state index contributed by atoms with van der Waals surface area (Å²) in [7, 11) is 1.45. The van der Waals surface area contributed by atoms with Crippen LogP contribution in [0.5, 0.6) is 0 Å². The number of phosphoric acid groups is 1. The molecule has 0 aromatic heterocycles. The van der Waals surface area contributed by atoms with E-state index in [0.717, 1.165) is 83.5 Å². The van der Waals surface area contributed by atoms with Crippen molar-refractivity contribution in [3.8, 4) is 0 Å². The number of esters is 2. The summed E-state index contributed by atoms with van der Waals surface area (Å²) < 4.78 is 34.6. The fraction of sp³-hybridized carbons (Fsp3) is 0.761. The molecule has 0 heterocycles. The van der Waals surface area contributed by atoms with E-state index >= 15 is 0 Å². The molecular weight excluding hydrogens is 978 g/mol. The summed E-state index contributed by atoms with van der Waals surface area (Å²) in [6, 6.07) is 0. The number of likely N-dealkylation sites (N-methyl/N-ethyl adjacent to an activating group) is 1. The van der Waals surface area contributed by atoms with Crippen LogP contribution in [0, 0.1) is 0 Å². The topological polar surface area (TPSA) is 108 Å². The molecule has 0 rings (SSSR count). The van der Waals surface area contributed by atoms with E-state index in [4.69, 9.17) is 18.5 Å². The minimum atomic E-state index is -4.40. The number of phosphoric ester groups is 1. The maximum Gasteiger partial charge on any atom is 0.472 e. The minimum absolute atomic E-state index is 0.0219. The van der Waals surface area contributed by atoms with Crippen molar-refractivity contribution in [1.29, 1.82) is 0 Å². The van der Waals surface area contributed by atoms with Gasteiger partial charge in [-0.2, -0.15) is 0 Å². The molecule has 0 saturated heterocycles. The Bertz CT molecular complexity index is 1580. The minimum Gasteiger partial charge on any atom is -0.462 e. The number of rotatable bonds is 58. The smallest absolute Gasteiger partial charge is 0.462 e. The Hall–Kier alpha value is -2.81. The highest BCUT2D eigenvalue weighted by molar-refractivity contribution is 7.47. The molecule has 446 valence electrons. The van der Waals surface area contributed by atoms with E-state index in [2.05, 4.69) is 98.9 Å². The third-order valence-electron chi connectivity index (χ3n) is 13.7. The first-order valence-electron chi connectivity index (χ1n) is 31.8. The molecule has 2 atom stereocenters. The molecule has 0 amide bonds. The van der Waals surface area contributed by atoms with Crippen molar-refractivity contribution in [3.05, 3.63) is 85.1 Å². The van der Waals surface area contributed by atoms with E-state index in [0.29, 0.717) is 17.4 Å². The highest BCUT2D eigenvalue weighted by Gasteiger charge is 2.27. The van der Waals surface area contributed by atoms with E-state index in [9.17, 15) is 19.0 Å². The van der Waals surface area contributed by atoms with E-state index in [1.807, 2.05) is 21.1 Å². The number of allylic oxidation sites excluding steroid dienone is 14. The normalized spacial score (nSPS) is 13.8. The molecule has 2 unspecified atom stereocenters. The van der Waals surface area contributed by atoms with Gasteiger partial charge >= 0.3 is 19.8 Å². The average Bonchev–Trinajstić information content (AvgIpc) is 3.39. The van der Waals surface area contributed by atoms with Crippen LogP contribution >= 0.6 is 7.82 Å². The zero-order valence-corrected chi connectivity index (χ0v) is 51.6. The summed E-state index contributed by atoms with van der Waals surface area (Å²) in [5.74, 6) is -0.830. The van der Waals surface area contributed by atoms with Gasteiger partial charge in [0.25, 0.3) is 0 Å². The SMILES string of the molecule is CC/C=C\C/C=C\C/C=C\C/C=C\C/C=C\C/C=C\C/C=C\CCCCCC(=O)OC(COC(=O)CCCCCCCCCCCCCCCCCCCCCCCCCCCCCC)COP(=O)(O)OCC[N+](C)(C)C. The standard InChI is InChI=1S/C67H120NO8P/c1-6-8-10-12-14-16-18-20-22-24-26-28-30-32-33-34-36-37-39-41-43-45-47-49-51-53-55-57-59-66(69)73-63-65(64-75-77(71,72)74-62-61-68(3,4)5)76-67(70)60-58-56-54-52-50-48-46-44-42-40-38-35-31-29-27-25-23-21-19-17-15-13-11-9-7-2/h9,11,15,17,21,23,27,29,35,38,42,44,48,50,65H,6-8,10,12-14,16,18-20,22,24-26,28,30-34,36-37,39-41,43,45-47,49,51-64H2,1-5H3/p+1/b11-9-,17-15-,23-21-,29-27-,38-35-,44-42-,50-48-. The first-order chi connectivity index (χ1) is 37.5. The quantitative estimate of drug-likeness (QED) is 0.0211. The molecule has 0 saturated carbocycles. The lowest BCUT2D eigenvalue weighted by Gasteiger charge is -2.24. The van der Waals surface area contributed by atoms with Crippen molar-refractivity contribution >= 4 is 19.8 Å². The van der Waals surface area contributed by atoms with Crippen LogP contribution in [0.1, 0.15) is 277 Å². The lowest BCUT2D eigenvalue weighted by atomic mass is 10.0. The van der Waals surface area contributed by atoms with Gasteiger partial charge in [0.1, 0.15) is 19.8 Å². The van der Waals surface area contributed by atoms with Gasteiger partial charge in [0.2, 0.25) is 0 Å². The van der Waals surface area contributed by atoms with Crippen molar-refractivity contribution in [2.24, 2.45) is 0 Å². The molecular formula is C67H121NO8P+. The number of ether oxygens (including phenoxy) is 2. The highest BCUT2D eigenvalue weighted by atomic mass is 31.2. The molecule has 10 heteroatoms. The van der Waals surface area contributed by atoms with Crippen LogP contribution < -0.4 is 0 Å². The zero-order valence-electron chi connectivity index (χ0n) is 50.7. The first-order valence-corrected chi connectivity index (χ1v) is 33.3. The van der Waals surface area contributed by atoms with Gasteiger partial charge in [0.05, 0.1) is 27.7 Å². The largest absolute Gasteiger partial charge is 0.472 e. The van der Waals surface area contributed by atoms with Gasteiger partial charge in [0, 0.05) is 12.8 Å². The van der Waals surface area contributed by atoms with Crippen LogP contribution in [0.2, 0.25) is 0 Å². The highest BCUT2D eigenvalue weighted by Crippen LogP contribution is 2.43. The third-order valence-corrected chi connectivity index (χ3v) is 14.7. The molecule has 0 bridgehead atoms. The molecule has 77 heavy (non-hydrogen) atoms. The van der Waals surface area contributed by atoms with Gasteiger partial charge in [-0.1, -0.05) is 279 Å². The second-order valence-electron chi connectivity index (χ2n) is 22.4. The second-order valence-corrected chi connectivity index (χ2v) is 23.9. The molecule has 1 N–H and O–H groups in total. The molecule has 0 spiro atoms. The maximum absolute atomic E-state index is 12.8. The molecule has 0 fully saturated rings. The molecule has 0 aromatic carbocycles. The number of hydrogen-bond donors (Lipinski definition) is 1. The number of carbonyl (C=O) groups excluding carboxylic acids is 2. The Balaban J connectivity index is 4.16. The monoisotopic (exact) mass is 1100 g/mol. The van der Waals surface area contributed by atoms with Gasteiger partial charge in [-0.3, -0.25) is 18.6 Å². The molecule has 0 aliphatic carbocycles. The lowest BCUT2D eigenvalue weighted by Crippen LogP contribution is -2.37. The van der Waals surface area contributed by atoms with Gasteiger partial charge in [-0.15, -0.1) is 0 Å². The van der Waals surface area contributed by atoms with Crippen molar-refractivity contribution in [3.63, 3.8) is 0 Å². The van der Waals surface area contributed by atoms with E-state index in [-0.39, 0.29) is 32.0 Å². The van der Waals surface area contributed by atoms with Crippen LogP contribution in [0.25, 0.3) is 0 Å². The molecule has 0 aromatic rings. The van der Waals surface area contributed by atoms with Crippen molar-refractivity contribution < 1.29 is 42.1 Å². The molecule has 0 aliphatic heterocycles. The van der Waals surface area contributed by atoms with Crippen LogP contribution in [0.3, 0.4) is 0 Å². The van der Waals surface area contributed by atoms with Gasteiger partial charge < -0.3 is 18.9 Å². The van der Waals surface area contributed by atoms with Gasteiger partial charge in [-0.25, -0.2) is 4.57 Å². The summed E-state index contributed by atoms with van der Waals surface area (Å²) in [6.45, 7) is 4.31. The molecule has 0 aliphatic rings. The predicted octanol–water partition coefficient (Wildman–Crippen LogP) is 20.2. The Morgan fingerprint density at radius 1 is 0.416 bits per heavy atom.